The van der Waals surface area contributed by atoms with E-state index in [-0.39, 0.29) is 18.1 Å². The lowest BCUT2D eigenvalue weighted by atomic mass is 9.88. The molecule has 0 bridgehead atoms. The van der Waals surface area contributed by atoms with Crippen molar-refractivity contribution >= 4 is 29.0 Å². The second-order valence-electron chi connectivity index (χ2n) is 9.94. The Morgan fingerprint density at radius 1 is 1.07 bits per heavy atom. The van der Waals surface area contributed by atoms with Gasteiger partial charge in [-0.1, -0.05) is 17.7 Å². The summed E-state index contributed by atoms with van der Waals surface area (Å²) in [5, 5.41) is 20.9. The summed E-state index contributed by atoms with van der Waals surface area (Å²) in [7, 11) is 0. The molecule has 1 aliphatic heterocycles. The Morgan fingerprint density at radius 2 is 1.79 bits per heavy atom. The number of amides is 2. The lowest BCUT2D eigenvalue weighted by molar-refractivity contribution is -0.0759. The highest BCUT2D eigenvalue weighted by Crippen LogP contribution is 2.33. The van der Waals surface area contributed by atoms with Crippen molar-refractivity contribution in [1.82, 2.24) is 25.2 Å². The molecule has 0 aliphatic carbocycles. The molecule has 3 aromatic carbocycles. The molecular formula is C29H30ClF2N7O3. The maximum atomic E-state index is 14.8. The Hall–Kier alpha value is -4.26. The third-order valence-electron chi connectivity index (χ3n) is 7.10. The largest absolute Gasteiger partial charge is 0.487 e. The fourth-order valence-corrected chi connectivity index (χ4v) is 4.91. The van der Waals surface area contributed by atoms with E-state index in [2.05, 4.69) is 25.7 Å². The minimum Gasteiger partial charge on any atom is -0.487 e. The number of aliphatic hydroxyl groups is 1. The maximum absolute atomic E-state index is 14.8. The topological polar surface area (TPSA) is 108 Å². The van der Waals surface area contributed by atoms with Gasteiger partial charge in [0.15, 0.2) is 0 Å². The molecule has 0 radical (unpaired) electrons. The second kappa shape index (κ2) is 12.7. The summed E-state index contributed by atoms with van der Waals surface area (Å²) in [5.74, 6) is -1.18. The zero-order valence-corrected chi connectivity index (χ0v) is 23.5. The summed E-state index contributed by atoms with van der Waals surface area (Å²) in [6, 6.07) is 16.9. The summed E-state index contributed by atoms with van der Waals surface area (Å²) in [6.07, 6.45) is 1.76. The van der Waals surface area contributed by atoms with Crippen LogP contribution in [0.4, 0.5) is 25.0 Å². The Labute approximate surface area is 246 Å². The maximum Gasteiger partial charge on any atom is 0.333 e. The first-order valence-corrected chi connectivity index (χ1v) is 13.7. The Balaban J connectivity index is 1.18. The molecule has 2 heterocycles. The number of halogens is 3. The van der Waals surface area contributed by atoms with Crippen molar-refractivity contribution < 1.29 is 23.4 Å². The molecule has 2 unspecified atom stereocenters. The van der Waals surface area contributed by atoms with Gasteiger partial charge in [0.1, 0.15) is 41.7 Å². The SMILES string of the molecule is CC(Oc1ccc(N2CCN(NC(=O)Nc3ccc(Cl)cc3)CC2)cc1)C(O)(Cn1cncn1)c1ccc(F)cc1F. The van der Waals surface area contributed by atoms with Gasteiger partial charge in [0.25, 0.3) is 0 Å². The number of rotatable bonds is 9. The fourth-order valence-electron chi connectivity index (χ4n) is 4.78. The van der Waals surface area contributed by atoms with Gasteiger partial charge in [-0.25, -0.2) is 28.3 Å². The molecule has 5 rings (SSSR count). The Morgan fingerprint density at radius 3 is 2.43 bits per heavy atom. The van der Waals surface area contributed by atoms with Crippen molar-refractivity contribution in [3.8, 4) is 5.75 Å². The van der Waals surface area contributed by atoms with Crippen LogP contribution in [0.5, 0.6) is 5.75 Å². The summed E-state index contributed by atoms with van der Waals surface area (Å²) in [6.45, 7) is 4.04. The lowest BCUT2D eigenvalue weighted by Crippen LogP contribution is -2.54. The molecule has 10 nitrogen and oxygen atoms in total. The number of piperazine rings is 1. The van der Waals surface area contributed by atoms with E-state index in [1.54, 1.807) is 43.3 Å². The van der Waals surface area contributed by atoms with E-state index in [4.69, 9.17) is 16.3 Å². The Kier molecular flexibility index (Phi) is 8.86. The fraction of sp³-hybridized carbons (Fsp3) is 0.276. The van der Waals surface area contributed by atoms with Gasteiger partial charge in [0.05, 0.1) is 6.54 Å². The van der Waals surface area contributed by atoms with Crippen LogP contribution in [0.15, 0.2) is 79.4 Å². The Bertz CT molecular complexity index is 1480. The summed E-state index contributed by atoms with van der Waals surface area (Å²) >= 11 is 5.89. The van der Waals surface area contributed by atoms with Crippen molar-refractivity contribution in [2.75, 3.05) is 36.4 Å². The lowest BCUT2D eigenvalue weighted by Gasteiger charge is -2.36. The molecule has 3 N–H and O–H groups in total. The minimum atomic E-state index is -1.88. The van der Waals surface area contributed by atoms with Gasteiger partial charge in [0, 0.05) is 54.2 Å². The molecule has 1 saturated heterocycles. The number of anilines is 2. The van der Waals surface area contributed by atoms with Gasteiger partial charge in [-0.3, -0.25) is 5.43 Å². The average molecular weight is 598 g/mol. The highest BCUT2D eigenvalue weighted by molar-refractivity contribution is 6.30. The van der Waals surface area contributed by atoms with Gasteiger partial charge in [0.2, 0.25) is 0 Å². The van der Waals surface area contributed by atoms with Crippen LogP contribution < -0.4 is 20.4 Å². The van der Waals surface area contributed by atoms with Crippen molar-refractivity contribution in [2.45, 2.75) is 25.2 Å². The number of hydrogen-bond acceptors (Lipinski definition) is 7. The van der Waals surface area contributed by atoms with Gasteiger partial charge >= 0.3 is 6.03 Å². The van der Waals surface area contributed by atoms with Crippen molar-refractivity contribution in [3.05, 3.63) is 102 Å². The van der Waals surface area contributed by atoms with Crippen LogP contribution in [-0.2, 0) is 12.1 Å². The number of carbonyl (C=O) groups is 1. The van der Waals surface area contributed by atoms with E-state index in [9.17, 15) is 18.7 Å². The normalized spacial score (nSPS) is 16.0. The number of nitrogens with one attached hydrogen (secondary N) is 2. The first kappa shape index (κ1) is 29.2. The number of carbonyl (C=O) groups excluding carboxylic acids is 1. The number of hydrogen-bond donors (Lipinski definition) is 3. The molecule has 1 fully saturated rings. The molecule has 1 aliphatic rings. The quantitative estimate of drug-likeness (QED) is 0.262. The number of ether oxygens (including phenoxy) is 1. The predicted octanol–water partition coefficient (Wildman–Crippen LogP) is 4.42. The highest BCUT2D eigenvalue weighted by atomic mass is 35.5. The molecule has 2 amide bonds. The van der Waals surface area contributed by atoms with Crippen LogP contribution in [0, 0.1) is 11.6 Å². The molecule has 2 atom stereocenters. The average Bonchev–Trinajstić information content (AvgIpc) is 3.48. The standard InChI is InChI=1S/C29H30ClF2N7O3/c1-20(29(41,17-39-19-33-18-34-39)26-11-4-22(31)16-27(26)32)42-25-9-7-24(8-10-25)37-12-14-38(15-13-37)36-28(40)35-23-5-2-21(30)3-6-23/h2-11,16,18-20,41H,12-15,17H2,1H3,(H2,35,36,40). The van der Waals surface area contributed by atoms with E-state index in [1.165, 1.54) is 23.4 Å². The molecule has 4 aromatic rings. The van der Waals surface area contributed by atoms with E-state index in [1.807, 2.05) is 17.1 Å². The van der Waals surface area contributed by atoms with E-state index in [0.29, 0.717) is 42.6 Å². The summed E-state index contributed by atoms with van der Waals surface area (Å²) in [5.41, 5.74) is 2.47. The van der Waals surface area contributed by atoms with Gasteiger partial charge in [-0.15, -0.1) is 0 Å². The number of aromatic nitrogens is 3. The summed E-state index contributed by atoms with van der Waals surface area (Å²) in [4.78, 5) is 18.4. The molecule has 42 heavy (non-hydrogen) atoms. The molecular weight excluding hydrogens is 568 g/mol. The third-order valence-corrected chi connectivity index (χ3v) is 7.35. The smallest absolute Gasteiger partial charge is 0.333 e. The first-order valence-electron chi connectivity index (χ1n) is 13.3. The number of benzene rings is 3. The van der Waals surface area contributed by atoms with Gasteiger partial charge in [-0.2, -0.15) is 5.10 Å². The predicted molar refractivity (Wildman–Crippen MR) is 154 cm³/mol. The number of hydrazine groups is 1. The second-order valence-corrected chi connectivity index (χ2v) is 10.4. The van der Waals surface area contributed by atoms with Crippen LogP contribution in [0.25, 0.3) is 0 Å². The molecule has 1 aromatic heterocycles. The van der Waals surface area contributed by atoms with Gasteiger partial charge in [-0.05, 0) is 61.5 Å². The highest BCUT2D eigenvalue weighted by Gasteiger charge is 2.41. The van der Waals surface area contributed by atoms with Crippen LogP contribution in [0.1, 0.15) is 12.5 Å². The minimum absolute atomic E-state index is 0.114. The first-order chi connectivity index (χ1) is 20.2. The molecule has 0 saturated carbocycles. The molecule has 0 spiro atoms. The number of urea groups is 1. The van der Waals surface area contributed by atoms with E-state index >= 15 is 0 Å². The zero-order valence-electron chi connectivity index (χ0n) is 22.8. The number of nitrogens with zero attached hydrogens (tertiary/aromatic N) is 5. The molecule has 220 valence electrons. The third kappa shape index (κ3) is 6.96. The molecule has 13 heteroatoms. The van der Waals surface area contributed by atoms with Crippen LogP contribution in [0.3, 0.4) is 0 Å². The van der Waals surface area contributed by atoms with Crippen LogP contribution >= 0.6 is 11.6 Å². The summed E-state index contributed by atoms with van der Waals surface area (Å²) < 4.78 is 35.8. The van der Waals surface area contributed by atoms with Crippen molar-refractivity contribution in [2.24, 2.45) is 0 Å². The van der Waals surface area contributed by atoms with E-state index in [0.717, 1.165) is 17.8 Å². The van der Waals surface area contributed by atoms with E-state index < -0.39 is 23.3 Å². The van der Waals surface area contributed by atoms with Gasteiger partial charge < -0.3 is 20.1 Å². The van der Waals surface area contributed by atoms with Crippen molar-refractivity contribution in [3.63, 3.8) is 0 Å². The zero-order chi connectivity index (χ0) is 29.7. The monoisotopic (exact) mass is 597 g/mol. The van der Waals surface area contributed by atoms with Crippen LogP contribution in [-0.4, -0.2) is 63.2 Å². The van der Waals surface area contributed by atoms with Crippen LogP contribution in [0.2, 0.25) is 5.02 Å². The van der Waals surface area contributed by atoms with Crippen molar-refractivity contribution in [1.29, 1.82) is 0 Å².